The SMILES string of the molecule is CSc1ccc(NS(=O)(=O)c2c(Cl)sc(Cl)c2Br)cc1. The maximum absolute atomic E-state index is 12.3. The van der Waals surface area contributed by atoms with Gasteiger partial charge in [0.05, 0.1) is 4.47 Å². The minimum Gasteiger partial charge on any atom is -0.280 e. The van der Waals surface area contributed by atoms with E-state index in [1.165, 1.54) is 0 Å². The van der Waals surface area contributed by atoms with Crippen LogP contribution in [0.1, 0.15) is 0 Å². The highest BCUT2D eigenvalue weighted by molar-refractivity contribution is 9.10. The van der Waals surface area contributed by atoms with E-state index < -0.39 is 10.0 Å². The Morgan fingerprint density at radius 3 is 2.25 bits per heavy atom. The first-order valence-corrected chi connectivity index (χ1v) is 10.2. The number of hydrogen-bond acceptors (Lipinski definition) is 4. The summed E-state index contributed by atoms with van der Waals surface area (Å²) in [6.07, 6.45) is 1.95. The molecular formula is C11H8BrCl2NO2S3. The van der Waals surface area contributed by atoms with E-state index in [9.17, 15) is 8.42 Å². The zero-order chi connectivity index (χ0) is 14.9. The van der Waals surface area contributed by atoms with E-state index in [1.54, 1.807) is 23.9 Å². The molecule has 0 aliphatic heterocycles. The molecule has 0 radical (unpaired) electrons. The third-order valence-corrected chi connectivity index (χ3v) is 7.93. The van der Waals surface area contributed by atoms with Gasteiger partial charge in [0.15, 0.2) is 0 Å². The molecule has 0 fully saturated rings. The third kappa shape index (κ3) is 3.45. The van der Waals surface area contributed by atoms with E-state index in [0.29, 0.717) is 10.0 Å². The van der Waals surface area contributed by atoms with E-state index in [4.69, 9.17) is 23.2 Å². The Morgan fingerprint density at radius 1 is 1.20 bits per heavy atom. The number of thiophene rings is 1. The fourth-order valence-corrected chi connectivity index (χ4v) is 6.46. The van der Waals surface area contributed by atoms with Crippen molar-refractivity contribution in [3.05, 3.63) is 37.4 Å². The Bertz CT molecular complexity index is 729. The van der Waals surface area contributed by atoms with Gasteiger partial charge in [0.1, 0.15) is 13.6 Å². The van der Waals surface area contributed by atoms with Crippen molar-refractivity contribution >= 4 is 77.9 Å². The molecule has 108 valence electrons. The lowest BCUT2D eigenvalue weighted by atomic mass is 10.3. The average Bonchev–Trinajstić information content (AvgIpc) is 2.64. The first kappa shape index (κ1) is 16.5. The van der Waals surface area contributed by atoms with Gasteiger partial charge in [-0.2, -0.15) is 0 Å². The summed E-state index contributed by atoms with van der Waals surface area (Å²) in [7, 11) is -3.78. The summed E-state index contributed by atoms with van der Waals surface area (Å²) in [6, 6.07) is 7.05. The molecule has 9 heteroatoms. The summed E-state index contributed by atoms with van der Waals surface area (Å²) in [6.45, 7) is 0. The molecule has 1 N–H and O–H groups in total. The van der Waals surface area contributed by atoms with Crippen molar-refractivity contribution < 1.29 is 8.42 Å². The molecule has 0 aliphatic carbocycles. The predicted molar refractivity (Wildman–Crippen MR) is 91.1 cm³/mol. The van der Waals surface area contributed by atoms with Crippen LogP contribution in [0.2, 0.25) is 8.67 Å². The molecule has 0 saturated carbocycles. The van der Waals surface area contributed by atoms with Crippen LogP contribution in [0.3, 0.4) is 0 Å². The predicted octanol–water partition coefficient (Wildman–Crippen LogP) is 5.34. The van der Waals surface area contributed by atoms with Crippen molar-refractivity contribution in [3.8, 4) is 0 Å². The number of benzene rings is 1. The molecule has 0 atom stereocenters. The number of anilines is 1. The van der Waals surface area contributed by atoms with Gasteiger partial charge in [-0.15, -0.1) is 23.1 Å². The molecule has 0 unspecified atom stereocenters. The standard InChI is InChI=1S/C11H8BrCl2NO2S3/c1-18-7-4-2-6(3-5-7)15-20(16,17)9-8(12)10(13)19-11(9)14/h2-5,15H,1H3. The average molecular weight is 433 g/mol. The summed E-state index contributed by atoms with van der Waals surface area (Å²) < 4.78 is 27.8. The minimum absolute atomic E-state index is 0.0388. The molecule has 0 aliphatic rings. The number of nitrogens with one attached hydrogen (secondary N) is 1. The zero-order valence-corrected chi connectivity index (χ0v) is 15.5. The summed E-state index contributed by atoms with van der Waals surface area (Å²) in [5, 5.41) is 0. The van der Waals surface area contributed by atoms with Crippen LogP contribution in [-0.4, -0.2) is 14.7 Å². The molecule has 0 bridgehead atoms. The molecule has 3 nitrogen and oxygen atoms in total. The molecule has 1 heterocycles. The maximum atomic E-state index is 12.3. The highest BCUT2D eigenvalue weighted by Crippen LogP contribution is 2.43. The van der Waals surface area contributed by atoms with E-state index in [2.05, 4.69) is 20.7 Å². The quantitative estimate of drug-likeness (QED) is 0.663. The van der Waals surface area contributed by atoms with Gasteiger partial charge in [-0.05, 0) is 46.5 Å². The smallest absolute Gasteiger partial charge is 0.265 e. The monoisotopic (exact) mass is 431 g/mol. The second kappa shape index (κ2) is 6.46. The fourth-order valence-electron chi connectivity index (χ4n) is 1.43. The number of thioether (sulfide) groups is 1. The molecule has 1 aromatic heterocycles. The summed E-state index contributed by atoms with van der Waals surface area (Å²) >= 11 is 17.5. The molecule has 2 aromatic rings. The van der Waals surface area contributed by atoms with Gasteiger partial charge >= 0.3 is 0 Å². The number of sulfonamides is 1. The molecule has 20 heavy (non-hydrogen) atoms. The van der Waals surface area contributed by atoms with Crippen LogP contribution in [0.4, 0.5) is 5.69 Å². The van der Waals surface area contributed by atoms with E-state index in [0.717, 1.165) is 16.2 Å². The molecule has 2 rings (SSSR count). The second-order valence-corrected chi connectivity index (χ2v) is 9.14. The molecule has 0 amide bonds. The number of rotatable bonds is 4. The van der Waals surface area contributed by atoms with E-state index in [-0.39, 0.29) is 13.7 Å². The van der Waals surface area contributed by atoms with Crippen LogP contribution in [0.25, 0.3) is 0 Å². The lowest BCUT2D eigenvalue weighted by Crippen LogP contribution is -2.13. The van der Waals surface area contributed by atoms with Crippen molar-refractivity contribution in [3.63, 3.8) is 0 Å². The minimum atomic E-state index is -3.78. The Labute approximate surface area is 143 Å². The van der Waals surface area contributed by atoms with Crippen LogP contribution in [0.5, 0.6) is 0 Å². The van der Waals surface area contributed by atoms with Crippen molar-refractivity contribution in [2.75, 3.05) is 11.0 Å². The first-order valence-electron chi connectivity index (χ1n) is 5.15. The van der Waals surface area contributed by atoms with Gasteiger partial charge in [0, 0.05) is 10.6 Å². The zero-order valence-electron chi connectivity index (χ0n) is 9.98. The Morgan fingerprint density at radius 2 is 1.80 bits per heavy atom. The summed E-state index contributed by atoms with van der Waals surface area (Å²) in [5.41, 5.74) is 0.466. The van der Waals surface area contributed by atoms with Crippen molar-refractivity contribution in [2.24, 2.45) is 0 Å². The normalized spacial score (nSPS) is 11.6. The number of halogens is 3. The lowest BCUT2D eigenvalue weighted by molar-refractivity contribution is 0.601. The topological polar surface area (TPSA) is 46.2 Å². The number of hydrogen-bond donors (Lipinski definition) is 1. The third-order valence-electron chi connectivity index (χ3n) is 2.34. The lowest BCUT2D eigenvalue weighted by Gasteiger charge is -2.08. The van der Waals surface area contributed by atoms with Crippen LogP contribution >= 0.6 is 62.2 Å². The van der Waals surface area contributed by atoms with Crippen LogP contribution in [0, 0.1) is 0 Å². The van der Waals surface area contributed by atoms with Crippen molar-refractivity contribution in [1.29, 1.82) is 0 Å². The fraction of sp³-hybridized carbons (Fsp3) is 0.0909. The van der Waals surface area contributed by atoms with Gasteiger partial charge in [0.25, 0.3) is 10.0 Å². The van der Waals surface area contributed by atoms with Gasteiger partial charge < -0.3 is 0 Å². The highest BCUT2D eigenvalue weighted by Gasteiger charge is 2.26. The highest BCUT2D eigenvalue weighted by atomic mass is 79.9. The Hall–Kier alpha value is 0.0800. The maximum Gasteiger partial charge on any atom is 0.265 e. The Balaban J connectivity index is 2.35. The van der Waals surface area contributed by atoms with E-state index in [1.807, 2.05) is 18.4 Å². The summed E-state index contributed by atoms with van der Waals surface area (Å²) in [5.74, 6) is 0. The Kier molecular flexibility index (Phi) is 5.31. The molecular weight excluding hydrogens is 425 g/mol. The summed E-state index contributed by atoms with van der Waals surface area (Å²) in [4.78, 5) is 1.01. The van der Waals surface area contributed by atoms with Gasteiger partial charge in [0.2, 0.25) is 0 Å². The van der Waals surface area contributed by atoms with Crippen LogP contribution < -0.4 is 4.72 Å². The van der Waals surface area contributed by atoms with Crippen LogP contribution in [-0.2, 0) is 10.0 Å². The van der Waals surface area contributed by atoms with Crippen LogP contribution in [0.15, 0.2) is 38.5 Å². The second-order valence-electron chi connectivity index (χ2n) is 3.63. The van der Waals surface area contributed by atoms with Gasteiger partial charge in [-0.25, -0.2) is 8.42 Å². The van der Waals surface area contributed by atoms with Gasteiger partial charge in [-0.3, -0.25) is 4.72 Å². The van der Waals surface area contributed by atoms with Crippen molar-refractivity contribution in [1.82, 2.24) is 0 Å². The van der Waals surface area contributed by atoms with E-state index >= 15 is 0 Å². The van der Waals surface area contributed by atoms with Crippen molar-refractivity contribution in [2.45, 2.75) is 9.79 Å². The molecule has 0 spiro atoms. The largest absolute Gasteiger partial charge is 0.280 e. The van der Waals surface area contributed by atoms with Gasteiger partial charge in [-0.1, -0.05) is 23.2 Å². The molecule has 0 saturated heterocycles. The first-order chi connectivity index (χ1) is 9.35. The molecule has 1 aromatic carbocycles.